The number of nitrogens with zero attached hydrogens (tertiary/aromatic N) is 3. The predicted molar refractivity (Wildman–Crippen MR) is 91.1 cm³/mol. The van der Waals surface area contributed by atoms with Crippen LogP contribution in [-0.4, -0.2) is 34.9 Å². The number of pyridine rings is 1. The van der Waals surface area contributed by atoms with Crippen LogP contribution in [0.4, 0.5) is 5.69 Å². The number of anilines is 1. The molecule has 2 aliphatic heterocycles. The molecule has 23 heavy (non-hydrogen) atoms. The van der Waals surface area contributed by atoms with Gasteiger partial charge in [0.05, 0.1) is 0 Å². The summed E-state index contributed by atoms with van der Waals surface area (Å²) in [6.45, 7) is 6.06. The van der Waals surface area contributed by atoms with Gasteiger partial charge < -0.3 is 9.80 Å². The second-order valence-corrected chi connectivity index (χ2v) is 6.09. The topological polar surface area (TPSA) is 36.4 Å². The van der Waals surface area contributed by atoms with Gasteiger partial charge in [-0.15, -0.1) is 0 Å². The molecule has 4 rings (SSSR count). The lowest BCUT2D eigenvalue weighted by Crippen LogP contribution is -2.44. The highest BCUT2D eigenvalue weighted by Crippen LogP contribution is 2.36. The highest BCUT2D eigenvalue weighted by Gasteiger charge is 2.36. The van der Waals surface area contributed by atoms with Gasteiger partial charge in [-0.1, -0.05) is 24.8 Å². The number of rotatable bonds is 2. The number of hydrogen-bond acceptors (Lipinski definition) is 3. The Morgan fingerprint density at radius 1 is 1.00 bits per heavy atom. The summed E-state index contributed by atoms with van der Waals surface area (Å²) >= 11 is 0. The normalized spacial score (nSPS) is 18.4. The Labute approximate surface area is 136 Å². The minimum absolute atomic E-state index is 0.105. The number of carbonyl (C=O) groups excluding carboxylic acids is 1. The van der Waals surface area contributed by atoms with E-state index < -0.39 is 0 Å². The number of benzene rings is 1. The minimum atomic E-state index is 0.105. The van der Waals surface area contributed by atoms with Gasteiger partial charge in [0.2, 0.25) is 0 Å². The molecule has 1 aromatic heterocycles. The zero-order chi connectivity index (χ0) is 15.8. The fraction of sp³-hybridized carbons (Fsp3) is 0.263. The van der Waals surface area contributed by atoms with E-state index in [4.69, 9.17) is 0 Å². The summed E-state index contributed by atoms with van der Waals surface area (Å²) in [6.07, 6.45) is 5.57. The second-order valence-electron chi connectivity index (χ2n) is 6.09. The molecule has 116 valence electrons. The van der Waals surface area contributed by atoms with Crippen molar-refractivity contribution in [1.29, 1.82) is 0 Å². The van der Waals surface area contributed by atoms with Crippen molar-refractivity contribution < 1.29 is 4.79 Å². The molecule has 0 spiro atoms. The summed E-state index contributed by atoms with van der Waals surface area (Å²) < 4.78 is 0. The first kappa shape index (κ1) is 14.0. The van der Waals surface area contributed by atoms with E-state index in [0.29, 0.717) is 0 Å². The van der Waals surface area contributed by atoms with E-state index in [1.807, 2.05) is 53.7 Å². The number of carbonyl (C=O) groups is 1. The quantitative estimate of drug-likeness (QED) is 0.855. The smallest absolute Gasteiger partial charge is 0.259 e. The van der Waals surface area contributed by atoms with Crippen molar-refractivity contribution in [2.75, 3.05) is 18.0 Å². The van der Waals surface area contributed by atoms with E-state index >= 15 is 0 Å². The van der Waals surface area contributed by atoms with Crippen LogP contribution in [0.25, 0.3) is 5.70 Å². The first-order chi connectivity index (χ1) is 11.3. The Bertz CT molecular complexity index is 713. The van der Waals surface area contributed by atoms with Crippen LogP contribution in [-0.2, 0) is 0 Å². The lowest BCUT2D eigenvalue weighted by Gasteiger charge is -2.38. The summed E-state index contributed by atoms with van der Waals surface area (Å²) in [7, 11) is 0. The monoisotopic (exact) mass is 305 g/mol. The van der Waals surface area contributed by atoms with E-state index in [0.717, 1.165) is 42.8 Å². The fourth-order valence-corrected chi connectivity index (χ4v) is 3.63. The average Bonchev–Trinajstić information content (AvgIpc) is 2.87. The van der Waals surface area contributed by atoms with Crippen LogP contribution >= 0.6 is 0 Å². The molecular formula is C19H19N3O. The molecule has 1 fully saturated rings. The van der Waals surface area contributed by atoms with E-state index in [1.54, 1.807) is 0 Å². The highest BCUT2D eigenvalue weighted by molar-refractivity contribution is 6.09. The first-order valence-corrected chi connectivity index (χ1v) is 8.02. The molecule has 2 aromatic rings. The summed E-state index contributed by atoms with van der Waals surface area (Å²) in [5.74, 6) is 0.105. The molecule has 0 unspecified atom stereocenters. The van der Waals surface area contributed by atoms with Crippen LogP contribution in [0.15, 0.2) is 55.4 Å². The summed E-state index contributed by atoms with van der Waals surface area (Å²) in [5.41, 5.74) is 3.82. The first-order valence-electron chi connectivity index (χ1n) is 8.02. The van der Waals surface area contributed by atoms with Crippen molar-refractivity contribution in [3.63, 3.8) is 0 Å². The van der Waals surface area contributed by atoms with Gasteiger partial charge in [0, 0.05) is 54.0 Å². The Morgan fingerprint density at radius 3 is 2.30 bits per heavy atom. The fourth-order valence-electron chi connectivity index (χ4n) is 3.63. The summed E-state index contributed by atoms with van der Waals surface area (Å²) in [6, 6.07) is 12.1. The maximum Gasteiger partial charge on any atom is 0.259 e. The van der Waals surface area contributed by atoms with Crippen LogP contribution in [0.1, 0.15) is 28.8 Å². The number of hydrogen-bond donors (Lipinski definition) is 0. The molecule has 4 heteroatoms. The summed E-state index contributed by atoms with van der Waals surface area (Å²) in [5, 5.41) is 0. The molecule has 0 bridgehead atoms. The molecule has 0 saturated carbocycles. The standard InChI is InChI=1S/C19H19N3O/c1-14-17-4-2-3-5-18(17)19(23)22(14)16-8-12-21(13-9-16)15-6-10-20-11-7-15/h2-7,10-11,16H,1,8-9,12-13H2. The molecular weight excluding hydrogens is 286 g/mol. The molecule has 0 radical (unpaired) electrons. The van der Waals surface area contributed by atoms with Gasteiger partial charge in [-0.25, -0.2) is 0 Å². The molecule has 2 aliphatic rings. The number of amides is 1. The third-order valence-corrected chi connectivity index (χ3v) is 4.84. The molecule has 4 nitrogen and oxygen atoms in total. The number of aromatic nitrogens is 1. The molecule has 3 heterocycles. The van der Waals surface area contributed by atoms with Crippen molar-refractivity contribution in [2.45, 2.75) is 18.9 Å². The van der Waals surface area contributed by atoms with Crippen LogP contribution in [0.2, 0.25) is 0 Å². The van der Waals surface area contributed by atoms with Gasteiger partial charge in [0.25, 0.3) is 5.91 Å². The molecule has 1 amide bonds. The van der Waals surface area contributed by atoms with E-state index in [1.165, 1.54) is 5.69 Å². The van der Waals surface area contributed by atoms with Crippen LogP contribution in [0.5, 0.6) is 0 Å². The third-order valence-electron chi connectivity index (χ3n) is 4.84. The highest BCUT2D eigenvalue weighted by atomic mass is 16.2. The SMILES string of the molecule is C=C1c2ccccc2C(=O)N1C1CCN(c2ccncc2)CC1. The Kier molecular flexibility index (Phi) is 3.37. The Hall–Kier alpha value is -2.62. The van der Waals surface area contributed by atoms with Gasteiger partial charge >= 0.3 is 0 Å². The zero-order valence-corrected chi connectivity index (χ0v) is 13.0. The van der Waals surface area contributed by atoms with Crippen molar-refractivity contribution in [1.82, 2.24) is 9.88 Å². The Morgan fingerprint density at radius 2 is 1.65 bits per heavy atom. The minimum Gasteiger partial charge on any atom is -0.371 e. The molecule has 0 N–H and O–H groups in total. The lowest BCUT2D eigenvalue weighted by molar-refractivity contribution is 0.0787. The van der Waals surface area contributed by atoms with E-state index in [-0.39, 0.29) is 11.9 Å². The molecule has 0 aliphatic carbocycles. The maximum absolute atomic E-state index is 12.7. The van der Waals surface area contributed by atoms with Gasteiger partial charge in [-0.3, -0.25) is 9.78 Å². The molecule has 1 saturated heterocycles. The van der Waals surface area contributed by atoms with Crippen molar-refractivity contribution in [2.24, 2.45) is 0 Å². The van der Waals surface area contributed by atoms with Gasteiger partial charge in [0.1, 0.15) is 0 Å². The largest absolute Gasteiger partial charge is 0.371 e. The lowest BCUT2D eigenvalue weighted by atomic mass is 10.0. The Balaban J connectivity index is 1.50. The van der Waals surface area contributed by atoms with Gasteiger partial charge in [-0.2, -0.15) is 0 Å². The number of piperidine rings is 1. The van der Waals surface area contributed by atoms with E-state index in [2.05, 4.69) is 16.5 Å². The van der Waals surface area contributed by atoms with Crippen molar-refractivity contribution >= 4 is 17.3 Å². The summed E-state index contributed by atoms with van der Waals surface area (Å²) in [4.78, 5) is 21.0. The predicted octanol–water partition coefficient (Wildman–Crippen LogP) is 3.18. The van der Waals surface area contributed by atoms with E-state index in [9.17, 15) is 4.79 Å². The van der Waals surface area contributed by atoms with Gasteiger partial charge in [-0.05, 0) is 31.0 Å². The van der Waals surface area contributed by atoms with Crippen LogP contribution in [0, 0.1) is 0 Å². The van der Waals surface area contributed by atoms with Crippen molar-refractivity contribution in [3.8, 4) is 0 Å². The molecule has 0 atom stereocenters. The van der Waals surface area contributed by atoms with Crippen molar-refractivity contribution in [3.05, 3.63) is 66.5 Å². The van der Waals surface area contributed by atoms with Gasteiger partial charge in [0.15, 0.2) is 0 Å². The number of fused-ring (bicyclic) bond motifs is 1. The average molecular weight is 305 g/mol. The molecule has 1 aromatic carbocycles. The third kappa shape index (κ3) is 2.31. The van der Waals surface area contributed by atoms with Crippen LogP contribution < -0.4 is 4.90 Å². The van der Waals surface area contributed by atoms with Crippen LogP contribution in [0.3, 0.4) is 0 Å². The zero-order valence-electron chi connectivity index (χ0n) is 13.0. The maximum atomic E-state index is 12.7. The second kappa shape index (κ2) is 5.54.